The number of fused-ring (bicyclic) bond motifs is 1. The predicted octanol–water partition coefficient (Wildman–Crippen LogP) is 4.29. The van der Waals surface area contributed by atoms with E-state index >= 15 is 0 Å². The molecule has 31 heavy (non-hydrogen) atoms. The summed E-state index contributed by atoms with van der Waals surface area (Å²) in [5.74, 6) is 0.261. The standard InChI is InChI=1S/C24H29FN4O2/c1-16(2)7-12-29-22-14-23(26-15-17(22)13-21(25)24(29)31)27-18-3-5-19(6-4-18)28-10-8-20(30)9-11-28/h3-6,13-16,20,30H,7-12H2,1-2H3,(H,26,27). The molecule has 3 aromatic rings. The average Bonchev–Trinajstić information content (AvgIpc) is 2.75. The van der Waals surface area contributed by atoms with Crippen molar-refractivity contribution in [3.8, 4) is 0 Å². The van der Waals surface area contributed by atoms with E-state index in [9.17, 15) is 14.3 Å². The van der Waals surface area contributed by atoms with Crippen LogP contribution in [-0.2, 0) is 6.54 Å². The zero-order chi connectivity index (χ0) is 22.0. The molecule has 6 nitrogen and oxygen atoms in total. The molecule has 0 bridgehead atoms. The first-order chi connectivity index (χ1) is 14.9. The minimum Gasteiger partial charge on any atom is -0.393 e. The Kier molecular flexibility index (Phi) is 6.23. The number of nitrogens with zero attached hydrogens (tertiary/aromatic N) is 3. The summed E-state index contributed by atoms with van der Waals surface area (Å²) >= 11 is 0. The van der Waals surface area contributed by atoms with Crippen LogP contribution in [0.1, 0.15) is 33.1 Å². The van der Waals surface area contributed by atoms with Crippen molar-refractivity contribution in [3.05, 3.63) is 58.8 Å². The summed E-state index contributed by atoms with van der Waals surface area (Å²) in [6, 6.07) is 11.1. The first-order valence-electron chi connectivity index (χ1n) is 10.9. The lowest BCUT2D eigenvalue weighted by atomic mass is 10.1. The largest absolute Gasteiger partial charge is 0.393 e. The number of hydrogen-bond acceptors (Lipinski definition) is 5. The molecular formula is C24H29FN4O2. The predicted molar refractivity (Wildman–Crippen MR) is 123 cm³/mol. The van der Waals surface area contributed by atoms with Crippen LogP contribution in [0.15, 0.2) is 47.4 Å². The molecule has 0 aliphatic carbocycles. The van der Waals surface area contributed by atoms with E-state index in [0.29, 0.717) is 29.2 Å². The highest BCUT2D eigenvalue weighted by Crippen LogP contribution is 2.25. The van der Waals surface area contributed by atoms with Crippen LogP contribution < -0.4 is 15.8 Å². The molecule has 0 unspecified atom stereocenters. The topological polar surface area (TPSA) is 70.4 Å². The molecule has 1 aliphatic heterocycles. The maximum Gasteiger partial charge on any atom is 0.287 e. The molecule has 7 heteroatoms. The van der Waals surface area contributed by atoms with E-state index in [4.69, 9.17) is 0 Å². The van der Waals surface area contributed by atoms with Crippen molar-refractivity contribution in [2.24, 2.45) is 5.92 Å². The minimum atomic E-state index is -0.750. The van der Waals surface area contributed by atoms with Crippen molar-refractivity contribution < 1.29 is 9.50 Å². The van der Waals surface area contributed by atoms with Gasteiger partial charge in [0.05, 0.1) is 11.6 Å². The van der Waals surface area contributed by atoms with E-state index < -0.39 is 11.4 Å². The van der Waals surface area contributed by atoms with Gasteiger partial charge in [0, 0.05) is 48.7 Å². The molecule has 0 amide bonds. The number of halogens is 1. The number of aromatic nitrogens is 2. The van der Waals surface area contributed by atoms with Crippen molar-refractivity contribution in [1.29, 1.82) is 0 Å². The highest BCUT2D eigenvalue weighted by Gasteiger charge is 2.17. The second kappa shape index (κ2) is 9.06. The number of nitrogens with one attached hydrogen (secondary N) is 1. The van der Waals surface area contributed by atoms with Gasteiger partial charge in [0.15, 0.2) is 5.82 Å². The third-order valence-electron chi connectivity index (χ3n) is 5.83. The highest BCUT2D eigenvalue weighted by atomic mass is 19.1. The van der Waals surface area contributed by atoms with Gasteiger partial charge in [0.2, 0.25) is 0 Å². The van der Waals surface area contributed by atoms with Crippen LogP contribution in [0, 0.1) is 11.7 Å². The van der Waals surface area contributed by atoms with Gasteiger partial charge in [0.25, 0.3) is 5.56 Å². The van der Waals surface area contributed by atoms with Crippen molar-refractivity contribution in [2.45, 2.75) is 45.8 Å². The summed E-state index contributed by atoms with van der Waals surface area (Å²) in [4.78, 5) is 19.1. The van der Waals surface area contributed by atoms with E-state index in [1.54, 1.807) is 12.3 Å². The van der Waals surface area contributed by atoms with Crippen LogP contribution in [-0.4, -0.2) is 33.9 Å². The normalized spacial score (nSPS) is 15.1. The van der Waals surface area contributed by atoms with Crippen LogP contribution in [0.3, 0.4) is 0 Å². The van der Waals surface area contributed by atoms with Crippen molar-refractivity contribution in [1.82, 2.24) is 9.55 Å². The summed E-state index contributed by atoms with van der Waals surface area (Å²) in [6.45, 7) is 6.33. The quantitative estimate of drug-likeness (QED) is 0.618. The summed E-state index contributed by atoms with van der Waals surface area (Å²) in [5.41, 5.74) is 2.09. The molecule has 1 fully saturated rings. The molecule has 1 aromatic carbocycles. The Morgan fingerprint density at radius 2 is 1.90 bits per heavy atom. The lowest BCUT2D eigenvalue weighted by Gasteiger charge is -2.31. The molecular weight excluding hydrogens is 395 g/mol. The summed E-state index contributed by atoms with van der Waals surface area (Å²) < 4.78 is 15.6. The van der Waals surface area contributed by atoms with E-state index in [0.717, 1.165) is 43.7 Å². The summed E-state index contributed by atoms with van der Waals surface area (Å²) in [7, 11) is 0. The van der Waals surface area contributed by atoms with Crippen molar-refractivity contribution in [3.63, 3.8) is 0 Å². The number of rotatable bonds is 6. The fourth-order valence-corrected chi connectivity index (χ4v) is 3.94. The van der Waals surface area contributed by atoms with E-state index in [1.165, 1.54) is 10.6 Å². The molecule has 1 saturated heterocycles. The number of benzene rings is 1. The molecule has 2 N–H and O–H groups in total. The molecule has 4 rings (SSSR count). The Hall–Kier alpha value is -2.93. The lowest BCUT2D eigenvalue weighted by Crippen LogP contribution is -2.35. The molecule has 1 aliphatic rings. The van der Waals surface area contributed by atoms with Gasteiger partial charge < -0.3 is 19.9 Å². The molecule has 0 radical (unpaired) electrons. The van der Waals surface area contributed by atoms with Crippen LogP contribution >= 0.6 is 0 Å². The Balaban J connectivity index is 1.56. The summed E-state index contributed by atoms with van der Waals surface area (Å²) in [6.07, 6.45) is 3.78. The smallest absolute Gasteiger partial charge is 0.287 e. The van der Waals surface area contributed by atoms with Crippen molar-refractivity contribution in [2.75, 3.05) is 23.3 Å². The Bertz CT molecular complexity index is 1100. The number of hydrogen-bond donors (Lipinski definition) is 2. The summed E-state index contributed by atoms with van der Waals surface area (Å²) in [5, 5.41) is 13.6. The second-order valence-electron chi connectivity index (χ2n) is 8.65. The number of aryl methyl sites for hydroxylation is 1. The maximum absolute atomic E-state index is 14.1. The van der Waals surface area contributed by atoms with Gasteiger partial charge >= 0.3 is 0 Å². The lowest BCUT2D eigenvalue weighted by molar-refractivity contribution is 0.145. The zero-order valence-electron chi connectivity index (χ0n) is 18.0. The third kappa shape index (κ3) is 4.88. The average molecular weight is 425 g/mol. The fraction of sp³-hybridized carbons (Fsp3) is 0.417. The third-order valence-corrected chi connectivity index (χ3v) is 5.83. The van der Waals surface area contributed by atoms with Crippen LogP contribution in [0.5, 0.6) is 0 Å². The van der Waals surface area contributed by atoms with Gasteiger partial charge in [-0.25, -0.2) is 9.37 Å². The first kappa shape index (κ1) is 21.3. The van der Waals surface area contributed by atoms with Crippen molar-refractivity contribution >= 4 is 28.1 Å². The van der Waals surface area contributed by atoms with E-state index in [2.05, 4.69) is 41.2 Å². The molecule has 0 saturated carbocycles. The van der Waals surface area contributed by atoms with Gasteiger partial charge in [-0.2, -0.15) is 0 Å². The number of aliphatic hydroxyl groups excluding tert-OH is 1. The van der Waals surface area contributed by atoms with Gasteiger partial charge in [-0.1, -0.05) is 13.8 Å². The SMILES string of the molecule is CC(C)CCn1c(=O)c(F)cc2cnc(Nc3ccc(N4CCC(O)CC4)cc3)cc21. The number of piperidine rings is 1. The van der Waals surface area contributed by atoms with E-state index in [1.807, 2.05) is 12.1 Å². The minimum absolute atomic E-state index is 0.192. The highest BCUT2D eigenvalue weighted by molar-refractivity contribution is 5.81. The number of aliphatic hydroxyl groups is 1. The molecule has 0 atom stereocenters. The Morgan fingerprint density at radius 1 is 1.19 bits per heavy atom. The fourth-order valence-electron chi connectivity index (χ4n) is 3.94. The Labute approximate surface area is 181 Å². The van der Waals surface area contributed by atoms with Crippen LogP contribution in [0.2, 0.25) is 0 Å². The van der Waals surface area contributed by atoms with Gasteiger partial charge in [-0.15, -0.1) is 0 Å². The van der Waals surface area contributed by atoms with Crippen LogP contribution in [0.4, 0.5) is 21.6 Å². The molecule has 0 spiro atoms. The first-order valence-corrected chi connectivity index (χ1v) is 10.9. The van der Waals surface area contributed by atoms with Crippen LogP contribution in [0.25, 0.3) is 10.9 Å². The van der Waals surface area contributed by atoms with Gasteiger partial charge in [-0.05, 0) is 55.5 Å². The van der Waals surface area contributed by atoms with E-state index in [-0.39, 0.29) is 6.10 Å². The monoisotopic (exact) mass is 424 g/mol. The zero-order valence-corrected chi connectivity index (χ0v) is 18.0. The molecule has 3 heterocycles. The molecule has 2 aromatic heterocycles. The molecule has 164 valence electrons. The maximum atomic E-state index is 14.1. The number of pyridine rings is 2. The van der Waals surface area contributed by atoms with Gasteiger partial charge in [0.1, 0.15) is 5.82 Å². The Morgan fingerprint density at radius 3 is 2.58 bits per heavy atom. The number of anilines is 3. The van der Waals surface area contributed by atoms with Gasteiger partial charge in [-0.3, -0.25) is 4.79 Å². The second-order valence-corrected chi connectivity index (χ2v) is 8.65.